The SMILES string of the molecule is Cc1nnc(SCCNC(=O)CN2CCC[C@@H](O)C2)s1. The van der Waals surface area contributed by atoms with Crippen LogP contribution in [-0.4, -0.2) is 64.1 Å². The molecule has 0 aromatic carbocycles. The molecular weight excluding hydrogens is 296 g/mol. The lowest BCUT2D eigenvalue weighted by molar-refractivity contribution is -0.122. The Balaban J connectivity index is 1.58. The van der Waals surface area contributed by atoms with Gasteiger partial charge in [0, 0.05) is 18.8 Å². The maximum absolute atomic E-state index is 11.8. The van der Waals surface area contributed by atoms with Crippen LogP contribution in [0, 0.1) is 6.92 Å². The van der Waals surface area contributed by atoms with Crippen LogP contribution in [0.15, 0.2) is 4.34 Å². The molecule has 0 spiro atoms. The van der Waals surface area contributed by atoms with E-state index in [1.807, 2.05) is 11.8 Å². The summed E-state index contributed by atoms with van der Waals surface area (Å²) < 4.78 is 0.941. The molecule has 1 aliphatic rings. The van der Waals surface area contributed by atoms with Gasteiger partial charge in [0.05, 0.1) is 12.6 Å². The van der Waals surface area contributed by atoms with E-state index in [0.717, 1.165) is 34.5 Å². The molecule has 0 unspecified atom stereocenters. The van der Waals surface area contributed by atoms with Gasteiger partial charge in [-0.15, -0.1) is 10.2 Å². The zero-order valence-corrected chi connectivity index (χ0v) is 13.2. The van der Waals surface area contributed by atoms with E-state index in [0.29, 0.717) is 19.6 Å². The summed E-state index contributed by atoms with van der Waals surface area (Å²) in [6.45, 7) is 4.42. The number of nitrogens with one attached hydrogen (secondary N) is 1. The fraction of sp³-hybridized carbons (Fsp3) is 0.750. The minimum atomic E-state index is -0.284. The predicted molar refractivity (Wildman–Crippen MR) is 80.1 cm³/mol. The van der Waals surface area contributed by atoms with Crippen molar-refractivity contribution in [3.8, 4) is 0 Å². The van der Waals surface area contributed by atoms with Crippen molar-refractivity contribution in [1.82, 2.24) is 20.4 Å². The van der Waals surface area contributed by atoms with Gasteiger partial charge in [0.2, 0.25) is 5.91 Å². The van der Waals surface area contributed by atoms with E-state index in [1.165, 1.54) is 0 Å². The third-order valence-electron chi connectivity index (χ3n) is 3.01. The van der Waals surface area contributed by atoms with Gasteiger partial charge in [-0.1, -0.05) is 23.1 Å². The van der Waals surface area contributed by atoms with E-state index in [2.05, 4.69) is 15.5 Å². The highest BCUT2D eigenvalue weighted by Gasteiger charge is 2.19. The van der Waals surface area contributed by atoms with Crippen LogP contribution >= 0.6 is 23.1 Å². The van der Waals surface area contributed by atoms with Gasteiger partial charge >= 0.3 is 0 Å². The van der Waals surface area contributed by atoms with Crippen molar-refractivity contribution in [2.24, 2.45) is 0 Å². The number of carbonyl (C=O) groups is 1. The summed E-state index contributed by atoms with van der Waals surface area (Å²) in [7, 11) is 0. The Morgan fingerprint density at radius 1 is 1.60 bits per heavy atom. The topological polar surface area (TPSA) is 78.4 Å². The number of aliphatic hydroxyl groups excluding tert-OH is 1. The minimum Gasteiger partial charge on any atom is -0.392 e. The average Bonchev–Trinajstić information content (AvgIpc) is 2.80. The second kappa shape index (κ2) is 7.92. The number of likely N-dealkylation sites (tertiary alicyclic amines) is 1. The minimum absolute atomic E-state index is 0.0214. The first-order chi connectivity index (χ1) is 9.63. The summed E-state index contributed by atoms with van der Waals surface area (Å²) in [5.74, 6) is 0.816. The van der Waals surface area contributed by atoms with Gasteiger partial charge < -0.3 is 10.4 Å². The molecule has 1 atom stereocenters. The molecule has 2 rings (SSSR count). The molecule has 112 valence electrons. The lowest BCUT2D eigenvalue weighted by atomic mass is 10.1. The fourth-order valence-electron chi connectivity index (χ4n) is 2.10. The Kier molecular flexibility index (Phi) is 6.21. The molecule has 1 aliphatic heterocycles. The van der Waals surface area contributed by atoms with E-state index >= 15 is 0 Å². The summed E-state index contributed by atoms with van der Waals surface area (Å²) in [4.78, 5) is 13.8. The van der Waals surface area contributed by atoms with Crippen LogP contribution in [-0.2, 0) is 4.79 Å². The zero-order valence-electron chi connectivity index (χ0n) is 11.5. The number of carbonyl (C=O) groups excluding carboxylic acids is 1. The number of amides is 1. The van der Waals surface area contributed by atoms with Gasteiger partial charge in [0.25, 0.3) is 0 Å². The molecule has 1 saturated heterocycles. The number of aryl methyl sites for hydroxylation is 1. The van der Waals surface area contributed by atoms with Gasteiger partial charge in [-0.25, -0.2) is 0 Å². The normalized spacial score (nSPS) is 20.0. The molecule has 1 aromatic heterocycles. The summed E-state index contributed by atoms with van der Waals surface area (Å²) in [5, 5.41) is 21.4. The van der Waals surface area contributed by atoms with Crippen molar-refractivity contribution in [3.63, 3.8) is 0 Å². The van der Waals surface area contributed by atoms with Crippen LogP contribution < -0.4 is 5.32 Å². The highest BCUT2D eigenvalue weighted by Crippen LogP contribution is 2.20. The second-order valence-corrected chi connectivity index (χ2v) is 7.34. The highest BCUT2D eigenvalue weighted by molar-refractivity contribution is 8.01. The first kappa shape index (κ1) is 15.7. The van der Waals surface area contributed by atoms with E-state index in [-0.39, 0.29) is 12.0 Å². The number of piperidine rings is 1. The Hall–Kier alpha value is -0.700. The van der Waals surface area contributed by atoms with Crippen LogP contribution in [0.5, 0.6) is 0 Å². The molecule has 2 heterocycles. The van der Waals surface area contributed by atoms with Crippen molar-refractivity contribution in [3.05, 3.63) is 5.01 Å². The standard InChI is InChI=1S/C12H20N4O2S2/c1-9-14-15-12(20-9)19-6-4-13-11(18)8-16-5-2-3-10(17)7-16/h10,17H,2-8H2,1H3,(H,13,18)/t10-/m1/s1. The Bertz CT molecular complexity index is 441. The van der Waals surface area contributed by atoms with E-state index < -0.39 is 0 Å². The largest absolute Gasteiger partial charge is 0.392 e. The van der Waals surface area contributed by atoms with Gasteiger partial charge in [-0.05, 0) is 26.3 Å². The number of aromatic nitrogens is 2. The van der Waals surface area contributed by atoms with Crippen LogP contribution in [0.25, 0.3) is 0 Å². The maximum Gasteiger partial charge on any atom is 0.234 e. The Labute approximate surface area is 127 Å². The molecule has 0 aliphatic carbocycles. The van der Waals surface area contributed by atoms with Gasteiger partial charge in [-0.3, -0.25) is 9.69 Å². The molecule has 0 bridgehead atoms. The third kappa shape index (κ3) is 5.35. The van der Waals surface area contributed by atoms with Crippen molar-refractivity contribution in [2.45, 2.75) is 30.2 Å². The number of hydrogen-bond acceptors (Lipinski definition) is 7. The van der Waals surface area contributed by atoms with Crippen molar-refractivity contribution >= 4 is 29.0 Å². The lowest BCUT2D eigenvalue weighted by Crippen LogP contribution is -2.44. The Morgan fingerprint density at radius 3 is 3.15 bits per heavy atom. The van der Waals surface area contributed by atoms with Crippen molar-refractivity contribution < 1.29 is 9.90 Å². The molecule has 1 amide bonds. The summed E-state index contributed by atoms with van der Waals surface area (Å²) >= 11 is 3.17. The van der Waals surface area contributed by atoms with Crippen LogP contribution in [0.3, 0.4) is 0 Å². The quantitative estimate of drug-likeness (QED) is 0.588. The first-order valence-electron chi connectivity index (χ1n) is 6.73. The fourth-order valence-corrected chi connectivity index (χ4v) is 3.84. The summed E-state index contributed by atoms with van der Waals surface area (Å²) in [6, 6.07) is 0. The van der Waals surface area contributed by atoms with E-state index in [4.69, 9.17) is 0 Å². The molecule has 1 fully saturated rings. The molecular formula is C12H20N4O2S2. The number of thioether (sulfide) groups is 1. The number of β-amino-alcohol motifs (C(OH)–C–C–N with tert-alkyl or cyclic N) is 1. The van der Waals surface area contributed by atoms with Gasteiger partial charge in [0.1, 0.15) is 5.01 Å². The molecule has 0 radical (unpaired) electrons. The molecule has 20 heavy (non-hydrogen) atoms. The molecule has 2 N–H and O–H groups in total. The monoisotopic (exact) mass is 316 g/mol. The third-order valence-corrected chi connectivity index (χ3v) is 4.98. The Morgan fingerprint density at radius 2 is 2.45 bits per heavy atom. The molecule has 1 aromatic rings. The summed E-state index contributed by atoms with van der Waals surface area (Å²) in [5.41, 5.74) is 0. The first-order valence-corrected chi connectivity index (χ1v) is 8.53. The highest BCUT2D eigenvalue weighted by atomic mass is 32.2. The van der Waals surface area contributed by atoms with Crippen molar-refractivity contribution in [2.75, 3.05) is 31.9 Å². The second-order valence-electron chi connectivity index (χ2n) is 4.82. The van der Waals surface area contributed by atoms with Crippen molar-refractivity contribution in [1.29, 1.82) is 0 Å². The zero-order chi connectivity index (χ0) is 14.4. The summed E-state index contributed by atoms with van der Waals surface area (Å²) in [6.07, 6.45) is 1.52. The van der Waals surface area contributed by atoms with Crippen LogP contribution in [0.2, 0.25) is 0 Å². The van der Waals surface area contributed by atoms with Crippen LogP contribution in [0.4, 0.5) is 0 Å². The molecule has 6 nitrogen and oxygen atoms in total. The average molecular weight is 316 g/mol. The maximum atomic E-state index is 11.8. The molecule has 0 saturated carbocycles. The lowest BCUT2D eigenvalue weighted by Gasteiger charge is -2.29. The smallest absolute Gasteiger partial charge is 0.234 e. The number of hydrogen-bond donors (Lipinski definition) is 2. The number of rotatable bonds is 6. The van der Waals surface area contributed by atoms with Gasteiger partial charge in [-0.2, -0.15) is 0 Å². The van der Waals surface area contributed by atoms with Gasteiger partial charge in [0.15, 0.2) is 4.34 Å². The van der Waals surface area contributed by atoms with Crippen LogP contribution in [0.1, 0.15) is 17.8 Å². The van der Waals surface area contributed by atoms with E-state index in [1.54, 1.807) is 23.1 Å². The molecule has 8 heteroatoms. The van der Waals surface area contributed by atoms with E-state index in [9.17, 15) is 9.90 Å². The predicted octanol–water partition coefficient (Wildman–Crippen LogP) is 0.512. The number of aliphatic hydroxyl groups is 1. The number of nitrogens with zero attached hydrogens (tertiary/aromatic N) is 3.